The Bertz CT molecular complexity index is 1530. The Balaban J connectivity index is 1.41. The van der Waals surface area contributed by atoms with Crippen LogP contribution in [-0.2, 0) is 9.53 Å². The average Bonchev–Trinajstić information content (AvgIpc) is 3.28. The van der Waals surface area contributed by atoms with Gasteiger partial charge in [0.2, 0.25) is 0 Å². The number of hydrogen-bond acceptors (Lipinski definition) is 7. The third kappa shape index (κ3) is 5.10. The third-order valence-corrected chi connectivity index (χ3v) is 8.04. The normalized spacial score (nSPS) is 18.6. The first-order valence-electron chi connectivity index (χ1n) is 13.6. The standard InChI is InChI=1S/C30H30ClFN4O3/c1-2-38-24(37)10-5-13-39-30-34-28-22(29(35-30)36-16-18-11-12-19(14-18)17-36)15-33-27(26(28)32)21-8-3-6-20-7-4-9-23(31)25(20)21/h3-4,6-9,15,18-19H,2,5,10-14,16-17H2,1H3. The van der Waals surface area contributed by atoms with E-state index < -0.39 is 5.82 Å². The predicted molar refractivity (Wildman–Crippen MR) is 150 cm³/mol. The molecule has 0 amide bonds. The van der Waals surface area contributed by atoms with Gasteiger partial charge in [0.05, 0.1) is 18.6 Å². The fraction of sp³-hybridized carbons (Fsp3) is 0.400. The summed E-state index contributed by atoms with van der Waals surface area (Å²) >= 11 is 6.55. The van der Waals surface area contributed by atoms with Gasteiger partial charge in [-0.3, -0.25) is 9.78 Å². The van der Waals surface area contributed by atoms with Gasteiger partial charge in [0.15, 0.2) is 5.82 Å². The summed E-state index contributed by atoms with van der Waals surface area (Å²) in [5, 5.41) is 2.73. The Morgan fingerprint density at radius 1 is 1.13 bits per heavy atom. The van der Waals surface area contributed by atoms with Gasteiger partial charge in [-0.05, 0) is 55.9 Å². The van der Waals surface area contributed by atoms with E-state index in [4.69, 9.17) is 26.1 Å². The van der Waals surface area contributed by atoms with Crippen molar-refractivity contribution in [2.45, 2.75) is 39.0 Å². The molecule has 39 heavy (non-hydrogen) atoms. The molecule has 2 bridgehead atoms. The molecule has 2 aromatic heterocycles. The zero-order valence-electron chi connectivity index (χ0n) is 21.8. The number of halogens is 2. The third-order valence-electron chi connectivity index (χ3n) is 7.72. The Morgan fingerprint density at radius 3 is 2.67 bits per heavy atom. The van der Waals surface area contributed by atoms with Gasteiger partial charge < -0.3 is 14.4 Å². The average molecular weight is 549 g/mol. The van der Waals surface area contributed by atoms with E-state index in [2.05, 4.69) is 14.9 Å². The van der Waals surface area contributed by atoms with Crippen LogP contribution in [0.2, 0.25) is 5.02 Å². The van der Waals surface area contributed by atoms with Gasteiger partial charge in [0.1, 0.15) is 17.0 Å². The lowest BCUT2D eigenvalue weighted by Gasteiger charge is -2.33. The first kappa shape index (κ1) is 25.7. The number of aromatic nitrogens is 3. The maximum Gasteiger partial charge on any atom is 0.319 e. The van der Waals surface area contributed by atoms with Crippen molar-refractivity contribution in [2.24, 2.45) is 11.8 Å². The van der Waals surface area contributed by atoms with Crippen molar-refractivity contribution in [3.05, 3.63) is 53.4 Å². The number of esters is 1. The Morgan fingerprint density at radius 2 is 1.90 bits per heavy atom. The first-order valence-corrected chi connectivity index (χ1v) is 14.0. The largest absolute Gasteiger partial charge is 0.466 e. The van der Waals surface area contributed by atoms with Crippen LogP contribution in [0.3, 0.4) is 0 Å². The fourth-order valence-corrected chi connectivity index (χ4v) is 6.29. The molecule has 3 heterocycles. The molecule has 202 valence electrons. The molecule has 7 nitrogen and oxygen atoms in total. The number of fused-ring (bicyclic) bond motifs is 4. The maximum absolute atomic E-state index is 16.4. The second-order valence-electron chi connectivity index (χ2n) is 10.4. The second-order valence-corrected chi connectivity index (χ2v) is 10.8. The van der Waals surface area contributed by atoms with Crippen molar-refractivity contribution in [1.29, 1.82) is 0 Å². The van der Waals surface area contributed by atoms with Gasteiger partial charge in [-0.15, -0.1) is 0 Å². The molecule has 0 radical (unpaired) electrons. The molecule has 2 fully saturated rings. The number of anilines is 1. The quantitative estimate of drug-likeness (QED) is 0.181. The molecule has 2 unspecified atom stereocenters. The van der Waals surface area contributed by atoms with E-state index >= 15 is 4.39 Å². The number of ether oxygens (including phenoxy) is 2. The van der Waals surface area contributed by atoms with E-state index in [0.29, 0.717) is 46.7 Å². The summed E-state index contributed by atoms with van der Waals surface area (Å²) in [6.45, 7) is 4.07. The number of hydrogen-bond donors (Lipinski definition) is 0. The van der Waals surface area contributed by atoms with Crippen molar-refractivity contribution >= 4 is 45.1 Å². The van der Waals surface area contributed by atoms with Crippen molar-refractivity contribution in [3.63, 3.8) is 0 Å². The van der Waals surface area contributed by atoms with Crippen molar-refractivity contribution in [1.82, 2.24) is 15.0 Å². The maximum atomic E-state index is 16.4. The minimum atomic E-state index is -0.542. The number of pyridine rings is 1. The highest BCUT2D eigenvalue weighted by atomic mass is 35.5. The molecule has 1 aliphatic heterocycles. The number of nitrogens with zero attached hydrogens (tertiary/aromatic N) is 4. The Kier molecular flexibility index (Phi) is 7.21. The second kappa shape index (κ2) is 10.9. The number of piperidine rings is 1. The molecule has 1 saturated carbocycles. The zero-order valence-corrected chi connectivity index (χ0v) is 22.6. The topological polar surface area (TPSA) is 77.4 Å². The smallest absolute Gasteiger partial charge is 0.319 e. The summed E-state index contributed by atoms with van der Waals surface area (Å²) in [6.07, 6.45) is 5.99. The van der Waals surface area contributed by atoms with Gasteiger partial charge in [0, 0.05) is 41.7 Å². The van der Waals surface area contributed by atoms with Crippen LogP contribution >= 0.6 is 11.6 Å². The van der Waals surface area contributed by atoms with Crippen LogP contribution in [0, 0.1) is 17.7 Å². The Labute approximate surface area is 231 Å². The number of carbonyl (C=O) groups is 1. The molecule has 0 N–H and O–H groups in total. The van der Waals surface area contributed by atoms with Gasteiger partial charge >= 0.3 is 12.0 Å². The fourth-order valence-electron chi connectivity index (χ4n) is 6.00. The van der Waals surface area contributed by atoms with Crippen molar-refractivity contribution in [3.8, 4) is 17.3 Å². The van der Waals surface area contributed by atoms with Crippen LogP contribution in [0.15, 0.2) is 42.6 Å². The molecule has 2 atom stereocenters. The lowest BCUT2D eigenvalue weighted by Crippen LogP contribution is -2.37. The van der Waals surface area contributed by atoms with E-state index in [1.807, 2.05) is 30.3 Å². The number of benzene rings is 2. The van der Waals surface area contributed by atoms with Gasteiger partial charge in [0.25, 0.3) is 0 Å². The van der Waals surface area contributed by atoms with Gasteiger partial charge in [-0.1, -0.05) is 41.9 Å². The summed E-state index contributed by atoms with van der Waals surface area (Å²) in [7, 11) is 0. The minimum absolute atomic E-state index is 0.0891. The highest BCUT2D eigenvalue weighted by Crippen LogP contribution is 2.41. The number of carbonyl (C=O) groups excluding carboxylic acids is 1. The molecular weight excluding hydrogens is 519 g/mol. The van der Waals surface area contributed by atoms with E-state index in [0.717, 1.165) is 23.9 Å². The van der Waals surface area contributed by atoms with Gasteiger partial charge in [-0.25, -0.2) is 4.39 Å². The summed E-state index contributed by atoms with van der Waals surface area (Å²) in [5.74, 6) is 1.04. The molecule has 9 heteroatoms. The van der Waals surface area contributed by atoms with Crippen LogP contribution in [0.5, 0.6) is 6.01 Å². The van der Waals surface area contributed by atoms with E-state index in [-0.39, 0.29) is 36.2 Å². The Hall–Kier alpha value is -3.52. The van der Waals surface area contributed by atoms with Crippen LogP contribution in [0.4, 0.5) is 10.2 Å². The van der Waals surface area contributed by atoms with Crippen LogP contribution in [0.25, 0.3) is 32.9 Å². The van der Waals surface area contributed by atoms with E-state index in [9.17, 15) is 4.79 Å². The highest BCUT2D eigenvalue weighted by molar-refractivity contribution is 6.36. The van der Waals surface area contributed by atoms with Crippen LogP contribution < -0.4 is 9.64 Å². The summed E-state index contributed by atoms with van der Waals surface area (Å²) in [6, 6.07) is 11.3. The van der Waals surface area contributed by atoms with E-state index in [1.165, 1.54) is 19.3 Å². The molecule has 2 aromatic carbocycles. The molecule has 1 aliphatic carbocycles. The monoisotopic (exact) mass is 548 g/mol. The lowest BCUT2D eigenvalue weighted by molar-refractivity contribution is -0.143. The number of rotatable bonds is 8. The van der Waals surface area contributed by atoms with Crippen molar-refractivity contribution in [2.75, 3.05) is 31.2 Å². The summed E-state index contributed by atoms with van der Waals surface area (Å²) in [5.41, 5.74) is 0.941. The molecule has 2 aliphatic rings. The lowest BCUT2D eigenvalue weighted by atomic mass is 9.98. The highest BCUT2D eigenvalue weighted by Gasteiger charge is 2.34. The first-order chi connectivity index (χ1) is 19.0. The van der Waals surface area contributed by atoms with Gasteiger partial charge in [-0.2, -0.15) is 9.97 Å². The van der Waals surface area contributed by atoms with Crippen LogP contribution in [-0.4, -0.2) is 47.2 Å². The van der Waals surface area contributed by atoms with Crippen molar-refractivity contribution < 1.29 is 18.7 Å². The predicted octanol–water partition coefficient (Wildman–Crippen LogP) is 6.60. The molecule has 6 rings (SSSR count). The SMILES string of the molecule is CCOC(=O)CCCOc1nc(N2CC3CCC(C3)C2)c2cnc(-c3cccc4cccc(Cl)c34)c(F)c2n1. The molecule has 0 spiro atoms. The molecule has 1 saturated heterocycles. The van der Waals surface area contributed by atoms with E-state index in [1.54, 1.807) is 19.2 Å². The van der Waals surface area contributed by atoms with Crippen LogP contribution in [0.1, 0.15) is 39.0 Å². The zero-order chi connectivity index (χ0) is 26.9. The molecular formula is C30H30ClFN4O3. The summed E-state index contributed by atoms with van der Waals surface area (Å²) < 4.78 is 27.2. The minimum Gasteiger partial charge on any atom is -0.466 e. The summed E-state index contributed by atoms with van der Waals surface area (Å²) in [4.78, 5) is 27.8. The molecule has 4 aromatic rings.